The molecule has 4 heteroatoms. The lowest BCUT2D eigenvalue weighted by Crippen LogP contribution is -2.40. The predicted octanol–water partition coefficient (Wildman–Crippen LogP) is 1.26. The van der Waals surface area contributed by atoms with Gasteiger partial charge in [0, 0.05) is 19.1 Å². The average Bonchev–Trinajstić information content (AvgIpc) is 2.34. The molecule has 1 aliphatic rings. The Bertz CT molecular complexity index is 225. The van der Waals surface area contributed by atoms with Gasteiger partial charge in [0.15, 0.2) is 0 Å². The minimum atomic E-state index is -0.110. The molecule has 4 nitrogen and oxygen atoms in total. The summed E-state index contributed by atoms with van der Waals surface area (Å²) in [5, 5.41) is 3.38. The second-order valence-electron chi connectivity index (χ2n) is 5.11. The number of piperidine rings is 1. The van der Waals surface area contributed by atoms with Crippen LogP contribution in [0.25, 0.3) is 0 Å². The van der Waals surface area contributed by atoms with Crippen LogP contribution in [0.1, 0.15) is 33.1 Å². The van der Waals surface area contributed by atoms with Gasteiger partial charge in [0.05, 0.1) is 13.5 Å². The fraction of sp³-hybridized carbons (Fsp3) is 0.923. The van der Waals surface area contributed by atoms with Crippen LogP contribution in [-0.2, 0) is 9.53 Å². The van der Waals surface area contributed by atoms with E-state index < -0.39 is 0 Å². The zero-order valence-corrected chi connectivity index (χ0v) is 11.4. The van der Waals surface area contributed by atoms with E-state index in [0.717, 1.165) is 32.1 Å². The molecule has 0 saturated carbocycles. The van der Waals surface area contributed by atoms with Gasteiger partial charge >= 0.3 is 5.97 Å². The molecule has 100 valence electrons. The summed E-state index contributed by atoms with van der Waals surface area (Å²) < 4.78 is 4.69. The van der Waals surface area contributed by atoms with Crippen LogP contribution in [0.2, 0.25) is 0 Å². The Morgan fingerprint density at radius 3 is 2.59 bits per heavy atom. The van der Waals surface area contributed by atoms with Crippen LogP contribution < -0.4 is 5.32 Å². The number of nitrogens with one attached hydrogen (secondary N) is 1. The molecule has 1 aliphatic heterocycles. The number of methoxy groups -OCH3 is 1. The van der Waals surface area contributed by atoms with E-state index in [4.69, 9.17) is 4.74 Å². The maximum Gasteiger partial charge on any atom is 0.306 e. The van der Waals surface area contributed by atoms with Gasteiger partial charge in [-0.1, -0.05) is 0 Å². The molecule has 0 aromatic carbocycles. The summed E-state index contributed by atoms with van der Waals surface area (Å²) in [6.45, 7) is 8.57. The van der Waals surface area contributed by atoms with E-state index >= 15 is 0 Å². The number of carbonyl (C=O) groups is 1. The minimum absolute atomic E-state index is 0.110. The molecule has 0 aromatic heterocycles. The van der Waals surface area contributed by atoms with E-state index in [-0.39, 0.29) is 5.97 Å². The summed E-state index contributed by atoms with van der Waals surface area (Å²) in [4.78, 5) is 13.6. The molecule has 1 rings (SSSR count). The number of ether oxygens (including phenoxy) is 1. The number of rotatable bonds is 6. The molecule has 0 aliphatic carbocycles. The van der Waals surface area contributed by atoms with E-state index in [1.165, 1.54) is 20.0 Å². The molecule has 0 unspecified atom stereocenters. The summed E-state index contributed by atoms with van der Waals surface area (Å²) in [7, 11) is 1.45. The highest BCUT2D eigenvalue weighted by Gasteiger charge is 2.19. The molecule has 0 bridgehead atoms. The lowest BCUT2D eigenvalue weighted by atomic mass is 9.97. The smallest absolute Gasteiger partial charge is 0.306 e. The van der Waals surface area contributed by atoms with Gasteiger partial charge in [0.25, 0.3) is 0 Å². The zero-order valence-electron chi connectivity index (χ0n) is 11.4. The van der Waals surface area contributed by atoms with Crippen LogP contribution >= 0.6 is 0 Å². The van der Waals surface area contributed by atoms with Gasteiger partial charge in [-0.3, -0.25) is 4.79 Å². The number of nitrogens with zero attached hydrogens (tertiary/aromatic N) is 1. The van der Waals surface area contributed by atoms with Gasteiger partial charge in [0.2, 0.25) is 0 Å². The Kier molecular flexibility index (Phi) is 6.52. The predicted molar refractivity (Wildman–Crippen MR) is 68.9 cm³/mol. The summed E-state index contributed by atoms with van der Waals surface area (Å²) in [6, 6.07) is 0.495. The minimum Gasteiger partial charge on any atom is -0.469 e. The molecule has 0 spiro atoms. The third-order valence-electron chi connectivity index (χ3n) is 3.51. The summed E-state index contributed by atoms with van der Waals surface area (Å²) >= 11 is 0. The third kappa shape index (κ3) is 5.50. The molecule has 1 heterocycles. The van der Waals surface area contributed by atoms with Crippen LogP contribution in [0.5, 0.6) is 0 Å². The summed E-state index contributed by atoms with van der Waals surface area (Å²) in [5.41, 5.74) is 0. The van der Waals surface area contributed by atoms with Crippen molar-refractivity contribution < 1.29 is 9.53 Å². The Balaban J connectivity index is 2.33. The molecule has 1 N–H and O–H groups in total. The van der Waals surface area contributed by atoms with E-state index in [0.29, 0.717) is 12.5 Å². The Morgan fingerprint density at radius 2 is 2.06 bits per heavy atom. The first-order chi connectivity index (χ1) is 8.13. The Morgan fingerprint density at radius 1 is 1.41 bits per heavy atom. The van der Waals surface area contributed by atoms with Crippen LogP contribution in [0.3, 0.4) is 0 Å². The van der Waals surface area contributed by atoms with Gasteiger partial charge in [-0.05, 0) is 45.7 Å². The summed E-state index contributed by atoms with van der Waals surface area (Å²) in [5.74, 6) is 0.664. The van der Waals surface area contributed by atoms with Crippen molar-refractivity contribution in [1.82, 2.24) is 10.2 Å². The topological polar surface area (TPSA) is 41.6 Å². The maximum absolute atomic E-state index is 11.2. The molecule has 0 radical (unpaired) electrons. The van der Waals surface area contributed by atoms with Gasteiger partial charge in [-0.2, -0.15) is 0 Å². The molecular formula is C13H26N2O2. The lowest BCUT2D eigenvalue weighted by Gasteiger charge is -2.32. The first kappa shape index (κ1) is 14.5. The van der Waals surface area contributed by atoms with E-state index in [1.807, 2.05) is 0 Å². The maximum atomic E-state index is 11.2. The first-order valence-electron chi connectivity index (χ1n) is 6.65. The molecule has 1 fully saturated rings. The SMILES string of the molecule is COC(=O)CCN(CC1CCNCC1)C(C)C. The number of carbonyl (C=O) groups excluding carboxylic acids is 1. The first-order valence-corrected chi connectivity index (χ1v) is 6.65. The third-order valence-corrected chi connectivity index (χ3v) is 3.51. The highest BCUT2D eigenvalue weighted by molar-refractivity contribution is 5.69. The Hall–Kier alpha value is -0.610. The second kappa shape index (κ2) is 7.67. The van der Waals surface area contributed by atoms with Crippen LogP contribution in [0, 0.1) is 5.92 Å². The van der Waals surface area contributed by atoms with Crippen molar-refractivity contribution in [2.75, 3.05) is 33.3 Å². The molecule has 0 atom stereocenters. The standard InChI is InChI=1S/C13H26N2O2/c1-11(2)15(9-6-13(16)17-3)10-12-4-7-14-8-5-12/h11-12,14H,4-10H2,1-3H3. The molecule has 17 heavy (non-hydrogen) atoms. The zero-order chi connectivity index (χ0) is 12.7. The van der Waals surface area contributed by atoms with Crippen molar-refractivity contribution in [1.29, 1.82) is 0 Å². The van der Waals surface area contributed by atoms with Crippen molar-refractivity contribution in [3.05, 3.63) is 0 Å². The van der Waals surface area contributed by atoms with Gasteiger partial charge in [0.1, 0.15) is 0 Å². The highest BCUT2D eigenvalue weighted by atomic mass is 16.5. The quantitative estimate of drug-likeness (QED) is 0.712. The largest absolute Gasteiger partial charge is 0.469 e. The van der Waals surface area contributed by atoms with Crippen molar-refractivity contribution in [2.24, 2.45) is 5.92 Å². The highest BCUT2D eigenvalue weighted by Crippen LogP contribution is 2.15. The normalized spacial score (nSPS) is 17.7. The van der Waals surface area contributed by atoms with E-state index in [9.17, 15) is 4.79 Å². The average molecular weight is 242 g/mol. The van der Waals surface area contributed by atoms with Gasteiger partial charge in [-0.15, -0.1) is 0 Å². The molecule has 0 aromatic rings. The number of esters is 1. The second-order valence-corrected chi connectivity index (χ2v) is 5.11. The van der Waals surface area contributed by atoms with Crippen molar-refractivity contribution in [2.45, 2.75) is 39.2 Å². The van der Waals surface area contributed by atoms with Crippen molar-refractivity contribution in [3.8, 4) is 0 Å². The number of hydrogen-bond acceptors (Lipinski definition) is 4. The van der Waals surface area contributed by atoms with E-state index in [1.54, 1.807) is 0 Å². The fourth-order valence-corrected chi connectivity index (χ4v) is 2.29. The van der Waals surface area contributed by atoms with Crippen molar-refractivity contribution in [3.63, 3.8) is 0 Å². The number of hydrogen-bond donors (Lipinski definition) is 1. The van der Waals surface area contributed by atoms with Crippen LogP contribution in [0.4, 0.5) is 0 Å². The molecule has 1 saturated heterocycles. The van der Waals surface area contributed by atoms with Gasteiger partial charge in [-0.25, -0.2) is 0 Å². The van der Waals surface area contributed by atoms with Crippen LogP contribution in [0.15, 0.2) is 0 Å². The van der Waals surface area contributed by atoms with Gasteiger partial charge < -0.3 is 15.0 Å². The van der Waals surface area contributed by atoms with Crippen LogP contribution in [-0.4, -0.2) is 50.2 Å². The van der Waals surface area contributed by atoms with Crippen molar-refractivity contribution >= 4 is 5.97 Å². The molecule has 0 amide bonds. The lowest BCUT2D eigenvalue weighted by molar-refractivity contribution is -0.141. The molecular weight excluding hydrogens is 216 g/mol. The summed E-state index contributed by atoms with van der Waals surface area (Å²) in [6.07, 6.45) is 3.00. The monoisotopic (exact) mass is 242 g/mol. The van der Waals surface area contributed by atoms with E-state index in [2.05, 4.69) is 24.1 Å². The fourth-order valence-electron chi connectivity index (χ4n) is 2.29. The Labute approximate surface area is 105 Å².